The summed E-state index contributed by atoms with van der Waals surface area (Å²) in [6, 6.07) is 14.6. The molecule has 1 amide bonds. The highest BCUT2D eigenvalue weighted by Gasteiger charge is 2.22. The molecular weight excluding hydrogens is 430 g/mol. The molecule has 2 rings (SSSR count). The maximum Gasteiger partial charge on any atom is 0.410 e. The molecule has 0 N–H and O–H groups in total. The Morgan fingerprint density at radius 3 is 2.29 bits per heavy atom. The molecule has 2 aromatic carbocycles. The molecule has 0 aliphatic heterocycles. The molecular formula is C27H35N3O4. The Hall–Kier alpha value is -3.53. The first-order chi connectivity index (χ1) is 16.0. The average molecular weight is 466 g/mol. The van der Waals surface area contributed by atoms with Gasteiger partial charge < -0.3 is 19.2 Å². The van der Waals surface area contributed by atoms with Crippen molar-refractivity contribution < 1.29 is 19.1 Å². The Morgan fingerprint density at radius 2 is 1.74 bits per heavy atom. The summed E-state index contributed by atoms with van der Waals surface area (Å²) in [6.45, 7) is 14.6. The van der Waals surface area contributed by atoms with Gasteiger partial charge in [-0.25, -0.2) is 4.79 Å². The van der Waals surface area contributed by atoms with Crippen LogP contribution in [0.1, 0.15) is 66.0 Å². The molecule has 7 nitrogen and oxygen atoms in total. The van der Waals surface area contributed by atoms with Crippen LogP contribution in [0, 0.1) is 17.2 Å². The monoisotopic (exact) mass is 465 g/mol. The van der Waals surface area contributed by atoms with Crippen molar-refractivity contribution in [2.24, 2.45) is 11.1 Å². The number of nitriles is 1. The predicted octanol–water partition coefficient (Wildman–Crippen LogP) is 6.91. The van der Waals surface area contributed by atoms with E-state index in [1.54, 1.807) is 36.9 Å². The maximum absolute atomic E-state index is 12.7. The fraction of sp³-hybridized carbons (Fsp3) is 0.444. The number of carbonyl (C=O) groups is 1. The van der Waals surface area contributed by atoms with Crippen LogP contribution in [0.2, 0.25) is 0 Å². The van der Waals surface area contributed by atoms with Crippen molar-refractivity contribution in [2.45, 2.75) is 67.0 Å². The zero-order valence-corrected chi connectivity index (χ0v) is 21.2. The van der Waals surface area contributed by atoms with Crippen LogP contribution < -0.4 is 9.57 Å². The quantitative estimate of drug-likeness (QED) is 0.297. The predicted molar refractivity (Wildman–Crippen MR) is 133 cm³/mol. The van der Waals surface area contributed by atoms with Gasteiger partial charge in [-0.3, -0.25) is 0 Å². The molecule has 2 aromatic rings. The van der Waals surface area contributed by atoms with Crippen LogP contribution in [0.25, 0.3) is 0 Å². The number of oxime groups is 1. The van der Waals surface area contributed by atoms with Crippen LogP contribution in [0.5, 0.6) is 17.2 Å². The third kappa shape index (κ3) is 9.14. The van der Waals surface area contributed by atoms with E-state index < -0.39 is 5.60 Å². The number of hydrogen-bond donors (Lipinski definition) is 0. The van der Waals surface area contributed by atoms with Crippen LogP contribution in [0.4, 0.5) is 4.79 Å². The van der Waals surface area contributed by atoms with Crippen molar-refractivity contribution >= 4 is 11.8 Å². The molecule has 0 bridgehead atoms. The zero-order chi connectivity index (χ0) is 25.3. The van der Waals surface area contributed by atoms with E-state index in [2.05, 4.69) is 25.1 Å². The summed E-state index contributed by atoms with van der Waals surface area (Å²) in [6.07, 6.45) is 0.578. The second-order valence-corrected chi connectivity index (χ2v) is 9.73. The minimum atomic E-state index is -0.546. The van der Waals surface area contributed by atoms with E-state index in [1.807, 2.05) is 45.0 Å². The zero-order valence-electron chi connectivity index (χ0n) is 21.2. The Bertz CT molecular complexity index is 1030. The lowest BCUT2D eigenvalue weighted by molar-refractivity contribution is 0.0226. The van der Waals surface area contributed by atoms with Crippen molar-refractivity contribution in [3.8, 4) is 23.3 Å². The van der Waals surface area contributed by atoms with Crippen molar-refractivity contribution in [1.82, 2.24) is 4.90 Å². The Balaban J connectivity index is 2.12. The summed E-state index contributed by atoms with van der Waals surface area (Å²) in [5.41, 5.74) is 1.53. The van der Waals surface area contributed by atoms with Gasteiger partial charge >= 0.3 is 6.09 Å². The molecule has 182 valence electrons. The van der Waals surface area contributed by atoms with Gasteiger partial charge in [-0.2, -0.15) is 5.26 Å². The van der Waals surface area contributed by atoms with Crippen molar-refractivity contribution in [2.75, 3.05) is 6.54 Å². The summed E-state index contributed by atoms with van der Waals surface area (Å²) < 4.78 is 11.5. The molecule has 0 aromatic heterocycles. The normalized spacial score (nSPS) is 10.9. The summed E-state index contributed by atoms with van der Waals surface area (Å²) in [4.78, 5) is 19.8. The van der Waals surface area contributed by atoms with Crippen LogP contribution in [0.3, 0.4) is 0 Å². The van der Waals surface area contributed by atoms with Gasteiger partial charge in [0.15, 0.2) is 5.75 Å². The summed E-state index contributed by atoms with van der Waals surface area (Å²) in [5.74, 6) is 1.96. The van der Waals surface area contributed by atoms with Crippen LogP contribution in [-0.2, 0) is 11.3 Å². The van der Waals surface area contributed by atoms with E-state index in [0.717, 1.165) is 17.7 Å². The van der Waals surface area contributed by atoms with E-state index in [4.69, 9.17) is 14.3 Å². The van der Waals surface area contributed by atoms with Gasteiger partial charge in [0.05, 0.1) is 11.3 Å². The summed E-state index contributed by atoms with van der Waals surface area (Å²) >= 11 is 0. The third-order valence-electron chi connectivity index (χ3n) is 4.56. The molecule has 0 atom stereocenters. The molecule has 0 heterocycles. The molecule has 34 heavy (non-hydrogen) atoms. The van der Waals surface area contributed by atoms with E-state index in [9.17, 15) is 10.1 Å². The molecule has 0 spiro atoms. The van der Waals surface area contributed by atoms with Crippen LogP contribution in [0.15, 0.2) is 47.6 Å². The number of carbonyl (C=O) groups excluding carboxylic acids is 1. The Kier molecular flexibility index (Phi) is 9.49. The fourth-order valence-electron chi connectivity index (χ4n) is 2.87. The third-order valence-corrected chi connectivity index (χ3v) is 4.56. The van der Waals surface area contributed by atoms with Gasteiger partial charge in [-0.05, 0) is 76.8 Å². The fourth-order valence-corrected chi connectivity index (χ4v) is 2.87. The lowest BCUT2D eigenvalue weighted by Crippen LogP contribution is -2.37. The van der Waals surface area contributed by atoms with Gasteiger partial charge in [0.25, 0.3) is 0 Å². The van der Waals surface area contributed by atoms with Gasteiger partial charge in [-0.15, -0.1) is 0 Å². The Morgan fingerprint density at radius 1 is 1.09 bits per heavy atom. The topological polar surface area (TPSA) is 84.2 Å². The Labute approximate surface area is 202 Å². The standard InChI is InChI=1S/C27H35N3O4/c1-19(2)14-15-30(26(31)33-27(5,6)7)18-21-8-11-23(12-9-21)32-24-13-10-22(17-28)25(16-24)34-29-20(3)4/h8-13,16,19H,14-15,18H2,1-7H3. The number of hydrogen-bond acceptors (Lipinski definition) is 6. The van der Waals surface area contributed by atoms with Crippen molar-refractivity contribution in [3.05, 3.63) is 53.6 Å². The molecule has 7 heteroatoms. The minimum Gasteiger partial charge on any atom is -0.457 e. The smallest absolute Gasteiger partial charge is 0.410 e. The molecule has 0 saturated carbocycles. The number of rotatable bonds is 9. The molecule has 0 unspecified atom stereocenters. The molecule has 0 fully saturated rings. The molecule has 0 saturated heterocycles. The molecule has 0 aliphatic rings. The van der Waals surface area contributed by atoms with E-state index in [-0.39, 0.29) is 6.09 Å². The van der Waals surface area contributed by atoms with Gasteiger partial charge in [0, 0.05) is 19.2 Å². The lowest BCUT2D eigenvalue weighted by Gasteiger charge is -2.28. The summed E-state index contributed by atoms with van der Waals surface area (Å²) in [7, 11) is 0. The number of benzene rings is 2. The van der Waals surface area contributed by atoms with Crippen molar-refractivity contribution in [1.29, 1.82) is 5.26 Å². The first kappa shape index (κ1) is 26.7. The SMILES string of the molecule is CC(C)=NOc1cc(Oc2ccc(CN(CCC(C)C)C(=O)OC(C)(C)C)cc2)ccc1C#N. The van der Waals surface area contributed by atoms with Gasteiger partial charge in [0.1, 0.15) is 23.2 Å². The first-order valence-electron chi connectivity index (χ1n) is 11.4. The number of ether oxygens (including phenoxy) is 2. The highest BCUT2D eigenvalue weighted by molar-refractivity contribution is 5.78. The minimum absolute atomic E-state index is 0.316. The number of amides is 1. The van der Waals surface area contributed by atoms with Crippen LogP contribution >= 0.6 is 0 Å². The van der Waals surface area contributed by atoms with E-state index >= 15 is 0 Å². The molecule has 0 radical (unpaired) electrons. The summed E-state index contributed by atoms with van der Waals surface area (Å²) in [5, 5.41) is 13.2. The van der Waals surface area contributed by atoms with Gasteiger partial charge in [-0.1, -0.05) is 31.1 Å². The maximum atomic E-state index is 12.7. The number of nitrogens with zero attached hydrogens (tertiary/aromatic N) is 3. The second-order valence-electron chi connectivity index (χ2n) is 9.73. The first-order valence-corrected chi connectivity index (χ1v) is 11.4. The molecule has 0 aliphatic carbocycles. The average Bonchev–Trinajstić information content (AvgIpc) is 2.75. The van der Waals surface area contributed by atoms with E-state index in [0.29, 0.717) is 41.8 Å². The lowest BCUT2D eigenvalue weighted by atomic mass is 10.1. The van der Waals surface area contributed by atoms with Gasteiger partial charge in [0.2, 0.25) is 0 Å². The van der Waals surface area contributed by atoms with Crippen LogP contribution in [-0.4, -0.2) is 28.9 Å². The largest absolute Gasteiger partial charge is 0.457 e. The highest BCUT2D eigenvalue weighted by atomic mass is 16.6. The van der Waals surface area contributed by atoms with Crippen molar-refractivity contribution in [3.63, 3.8) is 0 Å². The van der Waals surface area contributed by atoms with E-state index in [1.165, 1.54) is 0 Å². The second kappa shape index (κ2) is 12.1. The highest BCUT2D eigenvalue weighted by Crippen LogP contribution is 2.29.